The predicted molar refractivity (Wildman–Crippen MR) is 83.4 cm³/mol. The van der Waals surface area contributed by atoms with Gasteiger partial charge in [-0.15, -0.1) is 0 Å². The van der Waals surface area contributed by atoms with Gasteiger partial charge in [0.25, 0.3) is 0 Å². The first-order valence-electron chi connectivity index (χ1n) is 7.86. The highest BCUT2D eigenvalue weighted by atomic mass is 14.9. The van der Waals surface area contributed by atoms with Crippen molar-refractivity contribution in [2.24, 2.45) is 0 Å². The maximum Gasteiger partial charge on any atom is 0.0536 e. The summed E-state index contributed by atoms with van der Waals surface area (Å²) in [5, 5.41) is 3.72. The van der Waals surface area contributed by atoms with E-state index in [0.29, 0.717) is 6.04 Å². The summed E-state index contributed by atoms with van der Waals surface area (Å²) in [5.41, 5.74) is 4.46. The van der Waals surface area contributed by atoms with Gasteiger partial charge >= 0.3 is 0 Å². The van der Waals surface area contributed by atoms with E-state index in [1.165, 1.54) is 43.2 Å². The number of nitrogens with one attached hydrogen (secondary N) is 1. The molecule has 1 atom stereocenters. The highest BCUT2D eigenvalue weighted by molar-refractivity contribution is 5.31. The zero-order valence-corrected chi connectivity index (χ0v) is 12.4. The van der Waals surface area contributed by atoms with Gasteiger partial charge in [0.05, 0.1) is 6.04 Å². The summed E-state index contributed by atoms with van der Waals surface area (Å²) in [7, 11) is 0. The molecule has 0 spiro atoms. The minimum Gasteiger partial charge on any atom is -0.307 e. The van der Waals surface area contributed by atoms with E-state index in [1.807, 2.05) is 0 Å². The van der Waals surface area contributed by atoms with Gasteiger partial charge in [0.15, 0.2) is 0 Å². The zero-order valence-electron chi connectivity index (χ0n) is 12.4. The molecule has 104 valence electrons. The molecule has 1 aliphatic rings. The Labute approximate surface area is 118 Å². The molecule has 0 aromatic heterocycles. The molecular formula is C18H27N. The second-order valence-electron chi connectivity index (χ2n) is 5.51. The summed E-state index contributed by atoms with van der Waals surface area (Å²) in [6.07, 6.45) is 10.0. The first-order valence-corrected chi connectivity index (χ1v) is 7.86. The van der Waals surface area contributed by atoms with E-state index >= 15 is 0 Å². The third-order valence-corrected chi connectivity index (χ3v) is 4.02. The molecule has 2 rings (SSSR count). The Morgan fingerprint density at radius 3 is 2.47 bits per heavy atom. The topological polar surface area (TPSA) is 12.0 Å². The summed E-state index contributed by atoms with van der Waals surface area (Å²) in [6, 6.07) is 9.60. The Balaban J connectivity index is 2.17. The summed E-state index contributed by atoms with van der Waals surface area (Å²) in [6.45, 7) is 5.54. The summed E-state index contributed by atoms with van der Waals surface area (Å²) >= 11 is 0. The Kier molecular flexibility index (Phi) is 5.65. The fraction of sp³-hybridized carbons (Fsp3) is 0.556. The van der Waals surface area contributed by atoms with Gasteiger partial charge in [-0.25, -0.2) is 0 Å². The Hall–Kier alpha value is -1.08. The van der Waals surface area contributed by atoms with Crippen molar-refractivity contribution in [2.75, 3.05) is 6.54 Å². The SMILES string of the molecule is CCCNC(C1=CCCCC1)c1ccc(CC)cc1. The molecule has 0 radical (unpaired) electrons. The van der Waals surface area contributed by atoms with Crippen LogP contribution in [0.1, 0.15) is 63.1 Å². The second kappa shape index (κ2) is 7.49. The van der Waals surface area contributed by atoms with Gasteiger partial charge in [-0.1, -0.05) is 49.8 Å². The molecule has 1 aromatic carbocycles. The third-order valence-electron chi connectivity index (χ3n) is 4.02. The lowest BCUT2D eigenvalue weighted by Crippen LogP contribution is -2.24. The molecule has 0 amide bonds. The molecule has 0 fully saturated rings. The van der Waals surface area contributed by atoms with E-state index in [9.17, 15) is 0 Å². The predicted octanol–water partition coefficient (Wildman–Crippen LogP) is 4.79. The lowest BCUT2D eigenvalue weighted by molar-refractivity contribution is 0.546. The largest absolute Gasteiger partial charge is 0.307 e. The smallest absolute Gasteiger partial charge is 0.0536 e. The van der Waals surface area contributed by atoms with E-state index < -0.39 is 0 Å². The zero-order chi connectivity index (χ0) is 13.5. The van der Waals surface area contributed by atoms with Crippen LogP contribution in [-0.4, -0.2) is 6.54 Å². The summed E-state index contributed by atoms with van der Waals surface area (Å²) in [5.74, 6) is 0. The molecule has 1 heteroatoms. The van der Waals surface area contributed by atoms with Gasteiger partial charge in [0.2, 0.25) is 0 Å². The molecule has 1 nitrogen and oxygen atoms in total. The van der Waals surface area contributed by atoms with Crippen molar-refractivity contribution < 1.29 is 0 Å². The highest BCUT2D eigenvalue weighted by Gasteiger charge is 2.17. The molecule has 0 saturated heterocycles. The summed E-state index contributed by atoms with van der Waals surface area (Å²) < 4.78 is 0. The van der Waals surface area contributed by atoms with Crippen LogP contribution in [0.15, 0.2) is 35.9 Å². The van der Waals surface area contributed by atoms with Gasteiger partial charge in [-0.2, -0.15) is 0 Å². The molecule has 0 heterocycles. The third kappa shape index (κ3) is 3.94. The molecule has 0 aliphatic heterocycles. The van der Waals surface area contributed by atoms with Gasteiger partial charge in [0.1, 0.15) is 0 Å². The quantitative estimate of drug-likeness (QED) is 0.722. The molecule has 0 bridgehead atoms. The fourth-order valence-electron chi connectivity index (χ4n) is 2.82. The number of rotatable bonds is 6. The van der Waals surface area contributed by atoms with Crippen molar-refractivity contribution in [3.8, 4) is 0 Å². The molecule has 1 aliphatic carbocycles. The maximum atomic E-state index is 3.72. The van der Waals surface area contributed by atoms with Crippen molar-refractivity contribution in [2.45, 2.75) is 58.4 Å². The monoisotopic (exact) mass is 257 g/mol. The van der Waals surface area contributed by atoms with Crippen LogP contribution < -0.4 is 5.32 Å². The Morgan fingerprint density at radius 2 is 1.89 bits per heavy atom. The standard InChI is InChI=1S/C18H27N/c1-3-14-19-18(16-8-6-5-7-9-16)17-12-10-15(4-2)11-13-17/h8,10-13,18-19H,3-7,9,14H2,1-2H3. The van der Waals surface area contributed by atoms with E-state index in [4.69, 9.17) is 0 Å². The van der Waals surface area contributed by atoms with Crippen LogP contribution in [0.2, 0.25) is 0 Å². The van der Waals surface area contributed by atoms with Crippen molar-refractivity contribution in [1.29, 1.82) is 0 Å². The van der Waals surface area contributed by atoms with Crippen molar-refractivity contribution in [3.05, 3.63) is 47.0 Å². The number of allylic oxidation sites excluding steroid dienone is 1. The van der Waals surface area contributed by atoms with Crippen LogP contribution in [0, 0.1) is 0 Å². The molecule has 1 N–H and O–H groups in total. The van der Waals surface area contributed by atoms with E-state index in [1.54, 1.807) is 5.57 Å². The van der Waals surface area contributed by atoms with E-state index in [-0.39, 0.29) is 0 Å². The van der Waals surface area contributed by atoms with Gasteiger partial charge < -0.3 is 5.32 Å². The summed E-state index contributed by atoms with van der Waals surface area (Å²) in [4.78, 5) is 0. The second-order valence-corrected chi connectivity index (χ2v) is 5.51. The van der Waals surface area contributed by atoms with E-state index in [0.717, 1.165) is 13.0 Å². The van der Waals surface area contributed by atoms with Crippen molar-refractivity contribution in [1.82, 2.24) is 5.32 Å². The minimum atomic E-state index is 0.436. The van der Waals surface area contributed by atoms with Crippen LogP contribution >= 0.6 is 0 Å². The number of aryl methyl sites for hydroxylation is 1. The van der Waals surface area contributed by atoms with Crippen LogP contribution in [0.25, 0.3) is 0 Å². The van der Waals surface area contributed by atoms with Crippen LogP contribution in [-0.2, 0) is 6.42 Å². The van der Waals surface area contributed by atoms with Crippen LogP contribution in [0.4, 0.5) is 0 Å². The van der Waals surface area contributed by atoms with Crippen molar-refractivity contribution in [3.63, 3.8) is 0 Å². The Morgan fingerprint density at radius 1 is 1.11 bits per heavy atom. The molecule has 0 saturated carbocycles. The first kappa shape index (κ1) is 14.3. The first-order chi connectivity index (χ1) is 9.35. The fourth-order valence-corrected chi connectivity index (χ4v) is 2.82. The molecule has 19 heavy (non-hydrogen) atoms. The lowest BCUT2D eigenvalue weighted by Gasteiger charge is -2.25. The minimum absolute atomic E-state index is 0.436. The number of benzene rings is 1. The van der Waals surface area contributed by atoms with Gasteiger partial charge in [0, 0.05) is 0 Å². The van der Waals surface area contributed by atoms with Crippen LogP contribution in [0.3, 0.4) is 0 Å². The maximum absolute atomic E-state index is 3.72. The molecule has 1 unspecified atom stereocenters. The van der Waals surface area contributed by atoms with Crippen molar-refractivity contribution >= 4 is 0 Å². The number of hydrogen-bond acceptors (Lipinski definition) is 1. The van der Waals surface area contributed by atoms with Gasteiger partial charge in [-0.05, 0) is 56.2 Å². The highest BCUT2D eigenvalue weighted by Crippen LogP contribution is 2.30. The number of hydrogen-bond donors (Lipinski definition) is 1. The molecule has 1 aromatic rings. The Bertz CT molecular complexity index is 402. The van der Waals surface area contributed by atoms with Gasteiger partial charge in [-0.3, -0.25) is 0 Å². The normalized spacial score (nSPS) is 17.1. The average Bonchev–Trinajstić information content (AvgIpc) is 2.49. The lowest BCUT2D eigenvalue weighted by atomic mass is 9.89. The average molecular weight is 257 g/mol. The van der Waals surface area contributed by atoms with Crippen LogP contribution in [0.5, 0.6) is 0 Å². The van der Waals surface area contributed by atoms with E-state index in [2.05, 4.69) is 49.5 Å². The molecular weight excluding hydrogens is 230 g/mol.